The number of para-hydroxylation sites is 1. The number of rotatable bonds is 2. The number of carbonyl (C=O) groups is 1. The van der Waals surface area contributed by atoms with Gasteiger partial charge in [-0.15, -0.1) is 0 Å². The van der Waals surface area contributed by atoms with E-state index in [-0.39, 0.29) is 6.03 Å². The zero-order valence-electron chi connectivity index (χ0n) is 17.4. The van der Waals surface area contributed by atoms with Crippen molar-refractivity contribution in [3.8, 4) is 0 Å². The summed E-state index contributed by atoms with van der Waals surface area (Å²) in [6, 6.07) is 18.2. The lowest BCUT2D eigenvalue weighted by Crippen LogP contribution is -2.38. The summed E-state index contributed by atoms with van der Waals surface area (Å²) < 4.78 is 3.21. The first kappa shape index (κ1) is 19.9. The number of nitrogens with one attached hydrogen (secondary N) is 1. The highest BCUT2D eigenvalue weighted by Gasteiger charge is 2.22. The van der Waals surface area contributed by atoms with Crippen LogP contribution in [-0.2, 0) is 0 Å². The molecule has 0 aliphatic carbocycles. The second kappa shape index (κ2) is 8.23. The number of benzene rings is 2. The topological polar surface area (TPSA) is 52.9 Å². The van der Waals surface area contributed by atoms with Crippen LogP contribution in [0, 0.1) is 6.92 Å². The van der Waals surface area contributed by atoms with Gasteiger partial charge in [0, 0.05) is 42.5 Å². The van der Waals surface area contributed by atoms with Crippen LogP contribution in [0.5, 0.6) is 0 Å². The second-order valence-electron chi connectivity index (χ2n) is 7.90. The van der Waals surface area contributed by atoms with Crippen LogP contribution in [0.3, 0.4) is 0 Å². The van der Waals surface area contributed by atoms with Crippen molar-refractivity contribution in [2.45, 2.75) is 13.3 Å². The van der Waals surface area contributed by atoms with Crippen molar-refractivity contribution in [2.24, 2.45) is 0 Å². The normalized spacial score (nSPS) is 14.8. The summed E-state index contributed by atoms with van der Waals surface area (Å²) in [5.74, 6) is 0.969. The molecule has 0 saturated carbocycles. The van der Waals surface area contributed by atoms with Crippen molar-refractivity contribution in [3.05, 3.63) is 70.8 Å². The maximum atomic E-state index is 12.9. The maximum absolute atomic E-state index is 12.9. The molecule has 6 nitrogen and oxygen atoms in total. The minimum atomic E-state index is -0.0422. The Balaban J connectivity index is 1.39. The van der Waals surface area contributed by atoms with Crippen LogP contribution < -0.4 is 10.2 Å². The molecule has 1 saturated heterocycles. The van der Waals surface area contributed by atoms with E-state index in [2.05, 4.69) is 61.0 Å². The Hall–Kier alpha value is -3.06. The average molecular weight is 478 g/mol. The van der Waals surface area contributed by atoms with Gasteiger partial charge in [0.15, 0.2) is 5.82 Å². The number of amides is 2. The summed E-state index contributed by atoms with van der Waals surface area (Å²) in [7, 11) is 0. The predicted molar refractivity (Wildman–Crippen MR) is 129 cm³/mol. The van der Waals surface area contributed by atoms with Gasteiger partial charge in [-0.25, -0.2) is 9.78 Å². The molecular weight excluding hydrogens is 454 g/mol. The minimum Gasteiger partial charge on any atom is -0.353 e. The highest BCUT2D eigenvalue weighted by atomic mass is 79.9. The smallest absolute Gasteiger partial charge is 0.321 e. The second-order valence-corrected chi connectivity index (χ2v) is 8.82. The quantitative estimate of drug-likeness (QED) is 0.425. The van der Waals surface area contributed by atoms with E-state index in [1.54, 1.807) is 0 Å². The number of hydrogen-bond acceptors (Lipinski definition) is 3. The first-order valence-electron chi connectivity index (χ1n) is 10.5. The van der Waals surface area contributed by atoms with Crippen LogP contribution in [0.4, 0.5) is 16.3 Å². The summed E-state index contributed by atoms with van der Waals surface area (Å²) in [5, 5.41) is 3.06. The molecule has 1 aliphatic rings. The van der Waals surface area contributed by atoms with Gasteiger partial charge in [0.05, 0.1) is 16.6 Å². The SMILES string of the molecule is Cc1ccccc1NC(=O)N1CCCN(c2nc3cc(Br)ccc3n3cccc23)CC1. The Morgan fingerprint density at radius 2 is 1.87 bits per heavy atom. The van der Waals surface area contributed by atoms with E-state index in [1.165, 1.54) is 0 Å². The fourth-order valence-corrected chi connectivity index (χ4v) is 4.56. The number of anilines is 2. The minimum absolute atomic E-state index is 0.0422. The van der Waals surface area contributed by atoms with E-state index in [9.17, 15) is 4.79 Å². The lowest BCUT2D eigenvalue weighted by Gasteiger charge is -2.24. The molecule has 4 aromatic rings. The number of hydrogen-bond donors (Lipinski definition) is 1. The first-order chi connectivity index (χ1) is 15.1. The molecule has 3 heterocycles. The standard InChI is InChI=1S/C24H24BrN5O/c1-17-6-2-3-7-19(17)27-24(31)29-12-5-11-28(14-15-29)23-22-8-4-13-30(22)21-10-9-18(25)16-20(21)26-23/h2-4,6-10,13,16H,5,11-12,14-15H2,1H3,(H,27,31). The van der Waals surface area contributed by atoms with Crippen molar-refractivity contribution in [3.63, 3.8) is 0 Å². The van der Waals surface area contributed by atoms with E-state index in [0.717, 1.165) is 64.1 Å². The Bertz CT molecular complexity index is 1270. The molecule has 0 unspecified atom stereocenters. The number of halogens is 1. The largest absolute Gasteiger partial charge is 0.353 e. The van der Waals surface area contributed by atoms with Crippen LogP contribution in [-0.4, -0.2) is 46.5 Å². The molecule has 1 fully saturated rings. The average Bonchev–Trinajstić information content (AvgIpc) is 3.12. The molecule has 2 aromatic heterocycles. The number of aryl methyl sites for hydroxylation is 1. The van der Waals surface area contributed by atoms with Crippen molar-refractivity contribution in [1.29, 1.82) is 0 Å². The molecule has 5 rings (SSSR count). The summed E-state index contributed by atoms with van der Waals surface area (Å²) >= 11 is 3.56. The van der Waals surface area contributed by atoms with Gasteiger partial charge in [-0.05, 0) is 55.3 Å². The van der Waals surface area contributed by atoms with Gasteiger partial charge < -0.3 is 19.5 Å². The number of aromatic nitrogens is 2. The van der Waals surface area contributed by atoms with E-state index in [0.29, 0.717) is 6.54 Å². The fourth-order valence-electron chi connectivity index (χ4n) is 4.21. The van der Waals surface area contributed by atoms with Crippen LogP contribution in [0.25, 0.3) is 16.6 Å². The van der Waals surface area contributed by atoms with Crippen molar-refractivity contribution >= 4 is 50.0 Å². The van der Waals surface area contributed by atoms with E-state index in [1.807, 2.05) is 42.2 Å². The molecular formula is C24H24BrN5O. The van der Waals surface area contributed by atoms with Gasteiger partial charge in [-0.2, -0.15) is 0 Å². The Labute approximate surface area is 189 Å². The van der Waals surface area contributed by atoms with E-state index in [4.69, 9.17) is 4.98 Å². The van der Waals surface area contributed by atoms with Gasteiger partial charge in [0.2, 0.25) is 0 Å². The fraction of sp³-hybridized carbons (Fsp3) is 0.250. The molecule has 158 valence electrons. The number of fused-ring (bicyclic) bond motifs is 3. The third-order valence-corrected chi connectivity index (χ3v) is 6.36. The molecule has 2 aromatic carbocycles. The van der Waals surface area contributed by atoms with Gasteiger partial charge in [0.1, 0.15) is 0 Å². The maximum Gasteiger partial charge on any atom is 0.321 e. The monoisotopic (exact) mass is 477 g/mol. The lowest BCUT2D eigenvalue weighted by molar-refractivity contribution is 0.215. The molecule has 1 aliphatic heterocycles. The molecule has 0 spiro atoms. The summed E-state index contributed by atoms with van der Waals surface area (Å²) in [6.45, 7) is 5.00. The van der Waals surface area contributed by atoms with E-state index < -0.39 is 0 Å². The third kappa shape index (κ3) is 3.85. The van der Waals surface area contributed by atoms with Crippen molar-refractivity contribution < 1.29 is 4.79 Å². The Kier molecular flexibility index (Phi) is 5.28. The van der Waals surface area contributed by atoms with Gasteiger partial charge in [-0.3, -0.25) is 0 Å². The molecule has 0 bridgehead atoms. The number of urea groups is 1. The van der Waals surface area contributed by atoms with E-state index >= 15 is 0 Å². The number of nitrogens with zero attached hydrogens (tertiary/aromatic N) is 4. The highest BCUT2D eigenvalue weighted by molar-refractivity contribution is 9.10. The van der Waals surface area contributed by atoms with Crippen molar-refractivity contribution in [1.82, 2.24) is 14.3 Å². The van der Waals surface area contributed by atoms with Gasteiger partial charge in [-0.1, -0.05) is 34.1 Å². The predicted octanol–water partition coefficient (Wildman–Crippen LogP) is 5.30. The molecule has 7 heteroatoms. The first-order valence-corrected chi connectivity index (χ1v) is 11.3. The molecule has 2 amide bonds. The van der Waals surface area contributed by atoms with Gasteiger partial charge in [0.25, 0.3) is 0 Å². The van der Waals surface area contributed by atoms with Crippen LogP contribution in [0.2, 0.25) is 0 Å². The zero-order chi connectivity index (χ0) is 21.4. The Morgan fingerprint density at radius 1 is 1.00 bits per heavy atom. The van der Waals surface area contributed by atoms with Crippen molar-refractivity contribution in [2.75, 3.05) is 36.4 Å². The summed E-state index contributed by atoms with van der Waals surface area (Å²) in [6.07, 6.45) is 2.97. The lowest BCUT2D eigenvalue weighted by atomic mass is 10.2. The molecule has 0 atom stereocenters. The number of carbonyl (C=O) groups excluding carboxylic acids is 1. The highest BCUT2D eigenvalue weighted by Crippen LogP contribution is 2.28. The summed E-state index contributed by atoms with van der Waals surface area (Å²) in [4.78, 5) is 22.1. The molecule has 1 N–H and O–H groups in total. The Morgan fingerprint density at radius 3 is 2.74 bits per heavy atom. The zero-order valence-corrected chi connectivity index (χ0v) is 19.0. The molecule has 0 radical (unpaired) electrons. The summed E-state index contributed by atoms with van der Waals surface area (Å²) in [5.41, 5.74) is 5.06. The van der Waals surface area contributed by atoms with Gasteiger partial charge >= 0.3 is 6.03 Å². The van der Waals surface area contributed by atoms with Crippen LogP contribution in [0.1, 0.15) is 12.0 Å². The van der Waals surface area contributed by atoms with Crippen LogP contribution in [0.15, 0.2) is 65.3 Å². The van der Waals surface area contributed by atoms with Crippen LogP contribution >= 0.6 is 15.9 Å². The molecule has 31 heavy (non-hydrogen) atoms. The third-order valence-electron chi connectivity index (χ3n) is 5.87.